The molecule has 6 heteroatoms. The van der Waals surface area contributed by atoms with Crippen LogP contribution in [-0.2, 0) is 4.79 Å². The number of aromatic hydroxyl groups is 1. The van der Waals surface area contributed by atoms with E-state index in [9.17, 15) is 14.7 Å². The first-order valence-corrected chi connectivity index (χ1v) is 7.08. The van der Waals surface area contributed by atoms with Crippen LogP contribution in [0.1, 0.15) is 22.8 Å². The molecule has 0 aliphatic rings. The lowest BCUT2D eigenvalue weighted by atomic mass is 10.2. The van der Waals surface area contributed by atoms with E-state index in [-0.39, 0.29) is 5.75 Å². The summed E-state index contributed by atoms with van der Waals surface area (Å²) in [6, 6.07) is 13.0. The largest absolute Gasteiger partial charge is 0.508 e. The minimum atomic E-state index is -0.767. The van der Waals surface area contributed by atoms with E-state index in [1.807, 2.05) is 25.1 Å². The Morgan fingerprint density at radius 3 is 2.43 bits per heavy atom. The summed E-state index contributed by atoms with van der Waals surface area (Å²) in [6.45, 7) is 3.51. The maximum atomic E-state index is 11.9. The summed E-state index contributed by atoms with van der Waals surface area (Å²) in [7, 11) is 0. The molecule has 3 N–H and O–H groups in total. The molecule has 0 unspecified atom stereocenters. The second-order valence-electron chi connectivity index (χ2n) is 5.07. The predicted molar refractivity (Wildman–Crippen MR) is 85.0 cm³/mol. The van der Waals surface area contributed by atoms with Crippen molar-refractivity contribution in [1.82, 2.24) is 10.9 Å². The molecule has 23 heavy (non-hydrogen) atoms. The molecule has 0 saturated carbocycles. The molecule has 120 valence electrons. The first-order chi connectivity index (χ1) is 11.0. The molecule has 2 aromatic rings. The van der Waals surface area contributed by atoms with Gasteiger partial charge >= 0.3 is 0 Å². The first-order valence-electron chi connectivity index (χ1n) is 7.08. The summed E-state index contributed by atoms with van der Waals surface area (Å²) in [4.78, 5) is 23.8. The number of phenolic OH excluding ortho intramolecular Hbond substituents is 1. The lowest BCUT2D eigenvalue weighted by Gasteiger charge is -2.15. The smallest absolute Gasteiger partial charge is 0.279 e. The molecule has 2 aromatic carbocycles. The fourth-order valence-electron chi connectivity index (χ4n) is 1.85. The fraction of sp³-hybridized carbons (Fsp3) is 0.176. The first kappa shape index (κ1) is 16.4. The molecule has 0 aliphatic heterocycles. The number of hydrogen-bond acceptors (Lipinski definition) is 4. The molecular formula is C17H18N2O4. The van der Waals surface area contributed by atoms with Crippen molar-refractivity contribution in [3.63, 3.8) is 0 Å². The highest BCUT2D eigenvalue weighted by molar-refractivity contribution is 5.95. The second kappa shape index (κ2) is 7.31. The highest BCUT2D eigenvalue weighted by Gasteiger charge is 2.16. The van der Waals surface area contributed by atoms with Gasteiger partial charge in [-0.2, -0.15) is 0 Å². The number of rotatable bonds is 4. The monoisotopic (exact) mass is 314 g/mol. The van der Waals surface area contributed by atoms with Gasteiger partial charge in [0.1, 0.15) is 11.5 Å². The number of benzene rings is 2. The van der Waals surface area contributed by atoms with Crippen LogP contribution in [0.5, 0.6) is 11.5 Å². The third kappa shape index (κ3) is 4.74. The van der Waals surface area contributed by atoms with Gasteiger partial charge < -0.3 is 9.84 Å². The molecule has 0 bridgehead atoms. The van der Waals surface area contributed by atoms with E-state index in [4.69, 9.17) is 4.74 Å². The Hall–Kier alpha value is -3.02. The van der Waals surface area contributed by atoms with E-state index in [2.05, 4.69) is 10.9 Å². The van der Waals surface area contributed by atoms with Crippen molar-refractivity contribution in [2.45, 2.75) is 20.0 Å². The van der Waals surface area contributed by atoms with Crippen molar-refractivity contribution in [1.29, 1.82) is 0 Å². The number of amides is 2. The van der Waals surface area contributed by atoms with Gasteiger partial charge in [-0.05, 0) is 55.8 Å². The van der Waals surface area contributed by atoms with Gasteiger partial charge in [0.15, 0.2) is 6.10 Å². The minimum Gasteiger partial charge on any atom is -0.508 e. The normalized spacial score (nSPS) is 11.4. The van der Waals surface area contributed by atoms with Crippen LogP contribution >= 0.6 is 0 Å². The van der Waals surface area contributed by atoms with Gasteiger partial charge in [-0.25, -0.2) is 0 Å². The predicted octanol–water partition coefficient (Wildman–Crippen LogP) is 1.93. The molecule has 2 amide bonds. The van der Waals surface area contributed by atoms with E-state index in [0.717, 1.165) is 5.56 Å². The van der Waals surface area contributed by atoms with Gasteiger partial charge in [-0.1, -0.05) is 12.1 Å². The number of nitrogens with one attached hydrogen (secondary N) is 2. The van der Waals surface area contributed by atoms with Crippen LogP contribution in [0.15, 0.2) is 48.5 Å². The summed E-state index contributed by atoms with van der Waals surface area (Å²) >= 11 is 0. The van der Waals surface area contributed by atoms with Crippen LogP contribution in [0.3, 0.4) is 0 Å². The van der Waals surface area contributed by atoms with E-state index in [0.29, 0.717) is 11.3 Å². The average Bonchev–Trinajstić information content (AvgIpc) is 2.53. The molecule has 0 heterocycles. The Bertz CT molecular complexity index is 698. The van der Waals surface area contributed by atoms with E-state index >= 15 is 0 Å². The average molecular weight is 314 g/mol. The molecule has 0 aliphatic carbocycles. The molecular weight excluding hydrogens is 296 g/mol. The van der Waals surface area contributed by atoms with Gasteiger partial charge in [0.05, 0.1) is 0 Å². The fourth-order valence-corrected chi connectivity index (χ4v) is 1.85. The van der Waals surface area contributed by atoms with Gasteiger partial charge in [-0.15, -0.1) is 0 Å². The molecule has 0 saturated heterocycles. The topological polar surface area (TPSA) is 87.7 Å². The van der Waals surface area contributed by atoms with Crippen LogP contribution in [-0.4, -0.2) is 23.0 Å². The summed E-state index contributed by atoms with van der Waals surface area (Å²) < 4.78 is 5.51. The number of aryl methyl sites for hydroxylation is 1. The molecule has 0 spiro atoms. The van der Waals surface area contributed by atoms with Crippen molar-refractivity contribution >= 4 is 11.8 Å². The summed E-state index contributed by atoms with van der Waals surface area (Å²) in [6.07, 6.45) is -0.767. The Kier molecular flexibility index (Phi) is 5.19. The lowest BCUT2D eigenvalue weighted by Crippen LogP contribution is -2.47. The number of ether oxygens (including phenoxy) is 1. The van der Waals surface area contributed by atoms with Crippen molar-refractivity contribution in [2.24, 2.45) is 0 Å². The van der Waals surface area contributed by atoms with E-state index in [1.165, 1.54) is 24.3 Å². The standard InChI is InChI=1S/C17H18N2O4/c1-11-4-3-5-15(10-11)23-12(2)16(21)18-19-17(22)13-6-8-14(20)9-7-13/h3-10,12,20H,1-2H3,(H,18,21)(H,19,22)/t12-/m0/s1. The van der Waals surface area contributed by atoms with Gasteiger partial charge in [0.2, 0.25) is 0 Å². The van der Waals surface area contributed by atoms with E-state index in [1.54, 1.807) is 13.0 Å². The Labute approximate surface area is 134 Å². The number of phenols is 1. The van der Waals surface area contributed by atoms with Crippen molar-refractivity contribution in [3.8, 4) is 11.5 Å². The van der Waals surface area contributed by atoms with Crippen LogP contribution < -0.4 is 15.6 Å². The van der Waals surface area contributed by atoms with E-state index < -0.39 is 17.9 Å². The maximum absolute atomic E-state index is 11.9. The zero-order valence-electron chi connectivity index (χ0n) is 12.9. The molecule has 1 atom stereocenters. The van der Waals surface area contributed by atoms with Crippen LogP contribution in [0, 0.1) is 6.92 Å². The third-order valence-corrected chi connectivity index (χ3v) is 3.10. The highest BCUT2D eigenvalue weighted by atomic mass is 16.5. The zero-order valence-corrected chi connectivity index (χ0v) is 12.9. The SMILES string of the molecule is Cc1cccc(O[C@@H](C)C(=O)NNC(=O)c2ccc(O)cc2)c1. The van der Waals surface area contributed by atoms with Crippen molar-refractivity contribution in [3.05, 3.63) is 59.7 Å². The van der Waals surface area contributed by atoms with Gasteiger partial charge in [0.25, 0.3) is 11.8 Å². The number of carbonyl (C=O) groups excluding carboxylic acids is 2. The molecule has 0 fully saturated rings. The quantitative estimate of drug-likeness (QED) is 0.753. The molecule has 6 nitrogen and oxygen atoms in total. The Morgan fingerprint density at radius 2 is 1.78 bits per heavy atom. The van der Waals surface area contributed by atoms with Crippen molar-refractivity contribution < 1.29 is 19.4 Å². The second-order valence-corrected chi connectivity index (χ2v) is 5.07. The summed E-state index contributed by atoms with van der Waals surface area (Å²) in [5.74, 6) is -0.317. The Balaban J connectivity index is 1.86. The molecule has 0 aromatic heterocycles. The van der Waals surface area contributed by atoms with Crippen LogP contribution in [0.25, 0.3) is 0 Å². The third-order valence-electron chi connectivity index (χ3n) is 3.10. The van der Waals surface area contributed by atoms with Gasteiger partial charge in [-0.3, -0.25) is 20.4 Å². The van der Waals surface area contributed by atoms with Crippen LogP contribution in [0.4, 0.5) is 0 Å². The zero-order chi connectivity index (χ0) is 16.8. The maximum Gasteiger partial charge on any atom is 0.279 e. The number of hydrazine groups is 1. The summed E-state index contributed by atoms with van der Waals surface area (Å²) in [5, 5.41) is 9.17. The summed E-state index contributed by atoms with van der Waals surface area (Å²) in [5.41, 5.74) is 5.94. The Morgan fingerprint density at radius 1 is 1.09 bits per heavy atom. The van der Waals surface area contributed by atoms with Gasteiger partial charge in [0, 0.05) is 5.56 Å². The minimum absolute atomic E-state index is 0.0609. The number of hydrogen-bond donors (Lipinski definition) is 3. The lowest BCUT2D eigenvalue weighted by molar-refractivity contribution is -0.128. The van der Waals surface area contributed by atoms with Crippen molar-refractivity contribution in [2.75, 3.05) is 0 Å². The number of carbonyl (C=O) groups is 2. The molecule has 0 radical (unpaired) electrons. The molecule has 2 rings (SSSR count). The highest BCUT2D eigenvalue weighted by Crippen LogP contribution is 2.14. The van der Waals surface area contributed by atoms with Crippen LogP contribution in [0.2, 0.25) is 0 Å².